The van der Waals surface area contributed by atoms with Crippen molar-refractivity contribution in [3.8, 4) is 0 Å². The van der Waals surface area contributed by atoms with Gasteiger partial charge < -0.3 is 11.1 Å². The number of carbonyl (C=O) groups excluding carboxylic acids is 1. The van der Waals surface area contributed by atoms with E-state index in [4.69, 9.17) is 17.3 Å². The minimum Gasteiger partial charge on any atom is -0.397 e. The number of nitrogens with zero attached hydrogens (tertiary/aromatic N) is 1. The molecule has 0 fully saturated rings. The predicted octanol–water partition coefficient (Wildman–Crippen LogP) is 3.57. The summed E-state index contributed by atoms with van der Waals surface area (Å²) in [7, 11) is 0. The van der Waals surface area contributed by atoms with Crippen molar-refractivity contribution in [1.82, 2.24) is 10.3 Å². The van der Waals surface area contributed by atoms with Gasteiger partial charge in [-0.25, -0.2) is 4.98 Å². The molecule has 3 N–H and O–H groups in total. The van der Waals surface area contributed by atoms with Crippen LogP contribution in [0.5, 0.6) is 0 Å². The van der Waals surface area contributed by atoms with Crippen LogP contribution in [0.25, 0.3) is 0 Å². The Balaban J connectivity index is 2.15. The number of nitrogen functional groups attached to an aromatic ring is 1. The molecule has 104 valence electrons. The number of hydrogen-bond acceptors (Lipinski definition) is 3. The molecule has 1 atom stereocenters. The van der Waals surface area contributed by atoms with Crippen molar-refractivity contribution in [3.05, 3.63) is 57.3 Å². The molecule has 0 aliphatic carbocycles. The number of amides is 1. The van der Waals surface area contributed by atoms with Crippen molar-refractivity contribution in [3.63, 3.8) is 0 Å². The number of anilines is 1. The fourth-order valence-electron chi connectivity index (χ4n) is 1.73. The predicted molar refractivity (Wildman–Crippen MR) is 83.7 cm³/mol. The molecule has 0 aliphatic heterocycles. The summed E-state index contributed by atoms with van der Waals surface area (Å²) in [6, 6.07) is 9.09. The lowest BCUT2D eigenvalue weighted by atomic mass is 10.1. The number of nitrogens with one attached hydrogen (secondary N) is 1. The van der Waals surface area contributed by atoms with E-state index < -0.39 is 0 Å². The maximum atomic E-state index is 12.2. The van der Waals surface area contributed by atoms with Gasteiger partial charge in [0.15, 0.2) is 0 Å². The van der Waals surface area contributed by atoms with Crippen LogP contribution in [0.3, 0.4) is 0 Å². The largest absolute Gasteiger partial charge is 0.397 e. The van der Waals surface area contributed by atoms with Gasteiger partial charge >= 0.3 is 0 Å². The first kappa shape index (κ1) is 14.8. The minimum absolute atomic E-state index is 0.139. The van der Waals surface area contributed by atoms with Crippen LogP contribution in [0.15, 0.2) is 41.0 Å². The van der Waals surface area contributed by atoms with Crippen LogP contribution in [-0.4, -0.2) is 10.9 Å². The third-order valence-electron chi connectivity index (χ3n) is 2.82. The number of aromatic nitrogens is 1. The second-order valence-electron chi connectivity index (χ2n) is 4.35. The Kier molecular flexibility index (Phi) is 4.62. The van der Waals surface area contributed by atoms with Gasteiger partial charge in [0.2, 0.25) is 0 Å². The SMILES string of the molecule is CC(NC(=O)c1cc(N)cnc1Cl)c1ccc(Br)cc1. The van der Waals surface area contributed by atoms with Crippen LogP contribution in [0, 0.1) is 0 Å². The molecule has 0 aliphatic rings. The molecule has 2 aromatic rings. The second-order valence-corrected chi connectivity index (χ2v) is 5.63. The molecule has 1 aromatic heterocycles. The second kappa shape index (κ2) is 6.24. The van der Waals surface area contributed by atoms with Crippen LogP contribution < -0.4 is 11.1 Å². The van der Waals surface area contributed by atoms with E-state index in [0.29, 0.717) is 5.69 Å². The molecule has 0 saturated carbocycles. The average Bonchev–Trinajstić information content (AvgIpc) is 2.42. The highest BCUT2D eigenvalue weighted by Gasteiger charge is 2.15. The third-order valence-corrected chi connectivity index (χ3v) is 3.65. The molecule has 0 saturated heterocycles. The molecule has 1 amide bonds. The highest BCUT2D eigenvalue weighted by atomic mass is 79.9. The number of benzene rings is 1. The van der Waals surface area contributed by atoms with Gasteiger partial charge in [-0.05, 0) is 30.7 Å². The topological polar surface area (TPSA) is 68.0 Å². The van der Waals surface area contributed by atoms with Crippen LogP contribution in [-0.2, 0) is 0 Å². The Morgan fingerprint density at radius 3 is 2.70 bits per heavy atom. The van der Waals surface area contributed by atoms with E-state index in [1.54, 1.807) is 0 Å². The molecule has 6 heteroatoms. The van der Waals surface area contributed by atoms with E-state index >= 15 is 0 Å². The Morgan fingerprint density at radius 1 is 1.40 bits per heavy atom. The molecule has 0 spiro atoms. The van der Waals surface area contributed by atoms with Gasteiger partial charge in [-0.3, -0.25) is 4.79 Å². The summed E-state index contributed by atoms with van der Waals surface area (Å²) in [5.41, 5.74) is 7.29. The molecule has 0 radical (unpaired) electrons. The minimum atomic E-state index is -0.301. The van der Waals surface area contributed by atoms with E-state index in [0.717, 1.165) is 10.0 Å². The van der Waals surface area contributed by atoms with Crippen LogP contribution in [0.2, 0.25) is 5.15 Å². The molecular weight excluding hydrogens is 342 g/mol. The quantitative estimate of drug-likeness (QED) is 0.828. The number of halogens is 2. The normalized spacial score (nSPS) is 11.9. The number of rotatable bonds is 3. The molecule has 20 heavy (non-hydrogen) atoms. The van der Waals surface area contributed by atoms with Crippen molar-refractivity contribution in [2.45, 2.75) is 13.0 Å². The Hall–Kier alpha value is -1.59. The molecule has 1 aromatic carbocycles. The van der Waals surface area contributed by atoms with Gasteiger partial charge in [0.05, 0.1) is 23.5 Å². The van der Waals surface area contributed by atoms with Gasteiger partial charge in [-0.15, -0.1) is 0 Å². The maximum Gasteiger partial charge on any atom is 0.254 e. The van der Waals surface area contributed by atoms with E-state index in [1.807, 2.05) is 31.2 Å². The smallest absolute Gasteiger partial charge is 0.254 e. The molecular formula is C14H13BrClN3O. The monoisotopic (exact) mass is 353 g/mol. The van der Waals surface area contributed by atoms with Crippen molar-refractivity contribution >= 4 is 39.1 Å². The number of nitrogens with two attached hydrogens (primary N) is 1. The van der Waals surface area contributed by atoms with Crippen molar-refractivity contribution in [1.29, 1.82) is 0 Å². The van der Waals surface area contributed by atoms with E-state index in [2.05, 4.69) is 26.2 Å². The standard InChI is InChI=1S/C14H13BrClN3O/c1-8(9-2-4-10(15)5-3-9)19-14(20)12-6-11(17)7-18-13(12)16/h2-8H,17H2,1H3,(H,19,20). The first-order valence-electron chi connectivity index (χ1n) is 5.94. The first-order chi connectivity index (χ1) is 9.47. The van der Waals surface area contributed by atoms with E-state index in [9.17, 15) is 4.79 Å². The van der Waals surface area contributed by atoms with Crippen molar-refractivity contribution in [2.24, 2.45) is 0 Å². The lowest BCUT2D eigenvalue weighted by Crippen LogP contribution is -2.27. The number of pyridine rings is 1. The summed E-state index contributed by atoms with van der Waals surface area (Å²) in [6.45, 7) is 1.90. The van der Waals surface area contributed by atoms with Crippen molar-refractivity contribution in [2.75, 3.05) is 5.73 Å². The average molecular weight is 355 g/mol. The highest BCUT2D eigenvalue weighted by Crippen LogP contribution is 2.19. The molecule has 1 unspecified atom stereocenters. The summed E-state index contributed by atoms with van der Waals surface area (Å²) < 4.78 is 0.989. The summed E-state index contributed by atoms with van der Waals surface area (Å²) in [6.07, 6.45) is 1.41. The summed E-state index contributed by atoms with van der Waals surface area (Å²) >= 11 is 9.28. The van der Waals surface area contributed by atoms with Gasteiger partial charge in [0.1, 0.15) is 5.15 Å². The number of carbonyl (C=O) groups is 1. The summed E-state index contributed by atoms with van der Waals surface area (Å²) in [5.74, 6) is -0.301. The summed E-state index contributed by atoms with van der Waals surface area (Å²) in [4.78, 5) is 16.0. The van der Waals surface area contributed by atoms with Crippen LogP contribution in [0.1, 0.15) is 28.9 Å². The molecule has 4 nitrogen and oxygen atoms in total. The Labute approximate surface area is 130 Å². The molecule has 1 heterocycles. The highest BCUT2D eigenvalue weighted by molar-refractivity contribution is 9.10. The lowest BCUT2D eigenvalue weighted by molar-refractivity contribution is 0.0939. The molecule has 0 bridgehead atoms. The fourth-order valence-corrected chi connectivity index (χ4v) is 2.19. The van der Waals surface area contributed by atoms with Gasteiger partial charge in [0, 0.05) is 4.47 Å². The first-order valence-corrected chi connectivity index (χ1v) is 7.12. The zero-order valence-electron chi connectivity index (χ0n) is 10.7. The fraction of sp³-hybridized carbons (Fsp3) is 0.143. The Bertz CT molecular complexity index is 631. The van der Waals surface area contributed by atoms with Gasteiger partial charge in [-0.1, -0.05) is 39.7 Å². The zero-order valence-corrected chi connectivity index (χ0v) is 13.1. The zero-order chi connectivity index (χ0) is 14.7. The summed E-state index contributed by atoms with van der Waals surface area (Å²) in [5, 5.41) is 3.00. The lowest BCUT2D eigenvalue weighted by Gasteiger charge is -2.15. The maximum absolute atomic E-state index is 12.2. The van der Waals surface area contributed by atoms with Gasteiger partial charge in [0.25, 0.3) is 5.91 Å². The third kappa shape index (κ3) is 3.49. The van der Waals surface area contributed by atoms with Crippen molar-refractivity contribution < 1.29 is 4.79 Å². The van der Waals surface area contributed by atoms with E-state index in [1.165, 1.54) is 12.3 Å². The Morgan fingerprint density at radius 2 is 2.05 bits per heavy atom. The van der Waals surface area contributed by atoms with Gasteiger partial charge in [-0.2, -0.15) is 0 Å². The number of hydrogen-bond donors (Lipinski definition) is 2. The van der Waals surface area contributed by atoms with Crippen LogP contribution >= 0.6 is 27.5 Å². The van der Waals surface area contributed by atoms with Crippen LogP contribution in [0.4, 0.5) is 5.69 Å². The molecule has 2 rings (SSSR count). The van der Waals surface area contributed by atoms with E-state index in [-0.39, 0.29) is 22.7 Å².